The summed E-state index contributed by atoms with van der Waals surface area (Å²) in [4.78, 5) is 0. The molecule has 1 saturated carbocycles. The zero-order valence-electron chi connectivity index (χ0n) is 9.31. The lowest BCUT2D eigenvalue weighted by Crippen LogP contribution is -2.12. The van der Waals surface area contributed by atoms with Crippen molar-refractivity contribution in [3.8, 4) is 0 Å². The van der Waals surface area contributed by atoms with E-state index in [1.807, 2.05) is 0 Å². The van der Waals surface area contributed by atoms with Crippen LogP contribution in [0.2, 0.25) is 5.31 Å². The molecule has 2 atom stereocenters. The second-order valence-electron chi connectivity index (χ2n) is 4.96. The highest BCUT2D eigenvalue weighted by atomic mass is 14.2. The molecule has 0 spiro atoms. The Hall–Kier alpha value is 0.0649. The van der Waals surface area contributed by atoms with E-state index < -0.39 is 0 Å². The molecule has 1 fully saturated rings. The van der Waals surface area contributed by atoms with Crippen molar-refractivity contribution in [1.29, 1.82) is 0 Å². The Morgan fingerprint density at radius 2 is 1.92 bits per heavy atom. The van der Waals surface area contributed by atoms with Gasteiger partial charge in [0.05, 0.1) is 7.85 Å². The lowest BCUT2D eigenvalue weighted by Gasteiger charge is -2.29. The summed E-state index contributed by atoms with van der Waals surface area (Å²) in [5.74, 6) is 0.896. The Morgan fingerprint density at radius 1 is 1.15 bits per heavy atom. The van der Waals surface area contributed by atoms with E-state index in [4.69, 9.17) is 7.85 Å². The van der Waals surface area contributed by atoms with E-state index in [9.17, 15) is 0 Å². The molecule has 1 aliphatic rings. The quantitative estimate of drug-likeness (QED) is 0.530. The van der Waals surface area contributed by atoms with Crippen molar-refractivity contribution in [2.75, 3.05) is 0 Å². The van der Waals surface area contributed by atoms with Gasteiger partial charge >= 0.3 is 0 Å². The summed E-state index contributed by atoms with van der Waals surface area (Å²) >= 11 is 0. The summed E-state index contributed by atoms with van der Waals surface area (Å²) in [5, 5.41) is 0.165. The van der Waals surface area contributed by atoms with Gasteiger partial charge in [-0.15, -0.1) is 0 Å². The maximum absolute atomic E-state index is 6.36. The largest absolute Gasteiger partial charge is 0.0746 e. The Labute approximate surface area is 84.9 Å². The van der Waals surface area contributed by atoms with Gasteiger partial charge in [-0.25, -0.2) is 0 Å². The lowest BCUT2D eigenvalue weighted by molar-refractivity contribution is 0.401. The van der Waals surface area contributed by atoms with Crippen LogP contribution in [0.1, 0.15) is 65.2 Å². The van der Waals surface area contributed by atoms with Gasteiger partial charge in [-0.1, -0.05) is 70.5 Å². The summed E-state index contributed by atoms with van der Waals surface area (Å²) in [6, 6.07) is 0. The van der Waals surface area contributed by atoms with Gasteiger partial charge in [0, 0.05) is 0 Å². The first-order chi connectivity index (χ1) is 6.16. The van der Waals surface area contributed by atoms with Crippen molar-refractivity contribution in [3.63, 3.8) is 0 Å². The Kier molecular flexibility index (Phi) is 4.35. The third kappa shape index (κ3) is 3.75. The first kappa shape index (κ1) is 11.1. The predicted octanol–water partition coefficient (Wildman–Crippen LogP) is 4.10. The smallest absolute Gasteiger partial charge is 0.0663 e. The summed E-state index contributed by atoms with van der Waals surface area (Å²) in [6.07, 6.45) is 10.5. The fraction of sp³-hybridized carbons (Fsp3) is 1.00. The normalized spacial score (nSPS) is 37.5. The van der Waals surface area contributed by atoms with Gasteiger partial charge in [-0.2, -0.15) is 0 Å². The standard InChI is InChI=1S/C12H23B/c1-3-12(13)9-6-4-5-7-11(2)8-10-12/h11H,3-10H2,1-2H3. The van der Waals surface area contributed by atoms with Crippen LogP contribution in [0.5, 0.6) is 0 Å². The predicted molar refractivity (Wildman–Crippen MR) is 60.2 cm³/mol. The molecule has 2 radical (unpaired) electrons. The highest BCUT2D eigenvalue weighted by Gasteiger charge is 2.22. The summed E-state index contributed by atoms with van der Waals surface area (Å²) < 4.78 is 0. The molecule has 0 nitrogen and oxygen atoms in total. The molecule has 1 heteroatoms. The van der Waals surface area contributed by atoms with Gasteiger partial charge in [0.2, 0.25) is 0 Å². The van der Waals surface area contributed by atoms with Gasteiger partial charge in [0.25, 0.3) is 0 Å². The van der Waals surface area contributed by atoms with Crippen LogP contribution in [0.3, 0.4) is 0 Å². The molecule has 13 heavy (non-hydrogen) atoms. The Morgan fingerprint density at radius 3 is 2.62 bits per heavy atom. The minimum atomic E-state index is 0.165. The molecule has 0 N–H and O–H groups in total. The fourth-order valence-corrected chi connectivity index (χ4v) is 2.30. The molecular formula is C12H23B. The zero-order valence-corrected chi connectivity index (χ0v) is 9.31. The number of rotatable bonds is 1. The molecule has 0 aromatic carbocycles. The zero-order chi connectivity index (χ0) is 9.73. The summed E-state index contributed by atoms with van der Waals surface area (Å²) in [5.41, 5.74) is 0. The molecule has 0 saturated heterocycles. The van der Waals surface area contributed by atoms with Crippen LogP contribution in [-0.4, -0.2) is 7.85 Å². The molecule has 1 aliphatic carbocycles. The molecule has 2 unspecified atom stereocenters. The molecule has 1 rings (SSSR count). The fourth-order valence-electron chi connectivity index (χ4n) is 2.30. The lowest BCUT2D eigenvalue weighted by atomic mass is 9.61. The summed E-state index contributed by atoms with van der Waals surface area (Å²) in [6.45, 7) is 4.62. The molecule has 0 aromatic rings. The number of hydrogen-bond donors (Lipinski definition) is 0. The molecule has 0 bridgehead atoms. The van der Waals surface area contributed by atoms with Crippen molar-refractivity contribution in [2.45, 2.75) is 70.5 Å². The van der Waals surface area contributed by atoms with E-state index in [-0.39, 0.29) is 5.31 Å². The van der Waals surface area contributed by atoms with Crippen LogP contribution in [0.25, 0.3) is 0 Å². The van der Waals surface area contributed by atoms with Gasteiger partial charge in [0.15, 0.2) is 0 Å². The minimum absolute atomic E-state index is 0.165. The van der Waals surface area contributed by atoms with Crippen molar-refractivity contribution in [1.82, 2.24) is 0 Å². The average Bonchev–Trinajstić information content (AvgIpc) is 2.20. The van der Waals surface area contributed by atoms with E-state index in [2.05, 4.69) is 13.8 Å². The van der Waals surface area contributed by atoms with Gasteiger partial charge in [0.1, 0.15) is 0 Å². The van der Waals surface area contributed by atoms with Gasteiger partial charge in [-0.05, 0) is 5.92 Å². The second kappa shape index (κ2) is 5.07. The first-order valence-electron chi connectivity index (χ1n) is 5.95. The molecular weight excluding hydrogens is 155 g/mol. The SMILES string of the molecule is [B]C1(CC)CCCCCC(C)CC1. The van der Waals surface area contributed by atoms with E-state index in [0.29, 0.717) is 0 Å². The van der Waals surface area contributed by atoms with Crippen molar-refractivity contribution in [2.24, 2.45) is 5.92 Å². The molecule has 0 amide bonds. The van der Waals surface area contributed by atoms with Crippen molar-refractivity contribution in [3.05, 3.63) is 0 Å². The molecule has 74 valence electrons. The van der Waals surface area contributed by atoms with E-state index >= 15 is 0 Å². The molecule has 0 aromatic heterocycles. The van der Waals surface area contributed by atoms with E-state index in [1.54, 1.807) is 0 Å². The van der Waals surface area contributed by atoms with E-state index in [1.165, 1.54) is 44.9 Å². The van der Waals surface area contributed by atoms with Crippen LogP contribution in [-0.2, 0) is 0 Å². The molecule has 0 heterocycles. The first-order valence-corrected chi connectivity index (χ1v) is 5.95. The Bertz CT molecular complexity index is 144. The third-order valence-electron chi connectivity index (χ3n) is 3.71. The van der Waals surface area contributed by atoms with Gasteiger partial charge < -0.3 is 0 Å². The van der Waals surface area contributed by atoms with Crippen LogP contribution in [0.4, 0.5) is 0 Å². The second-order valence-corrected chi connectivity index (χ2v) is 4.96. The maximum Gasteiger partial charge on any atom is 0.0746 e. The summed E-state index contributed by atoms with van der Waals surface area (Å²) in [7, 11) is 6.36. The van der Waals surface area contributed by atoms with Gasteiger partial charge in [-0.3, -0.25) is 0 Å². The number of hydrogen-bond acceptors (Lipinski definition) is 0. The minimum Gasteiger partial charge on any atom is -0.0663 e. The average molecular weight is 178 g/mol. The van der Waals surface area contributed by atoms with E-state index in [0.717, 1.165) is 12.3 Å². The molecule has 0 aliphatic heterocycles. The highest BCUT2D eigenvalue weighted by Crippen LogP contribution is 2.40. The third-order valence-corrected chi connectivity index (χ3v) is 3.71. The Balaban J connectivity index is 2.46. The topological polar surface area (TPSA) is 0 Å². The van der Waals surface area contributed by atoms with Crippen LogP contribution < -0.4 is 0 Å². The van der Waals surface area contributed by atoms with Crippen molar-refractivity contribution < 1.29 is 0 Å². The van der Waals surface area contributed by atoms with Crippen molar-refractivity contribution >= 4 is 7.85 Å². The monoisotopic (exact) mass is 178 g/mol. The van der Waals surface area contributed by atoms with Crippen LogP contribution in [0, 0.1) is 5.92 Å². The highest BCUT2D eigenvalue weighted by molar-refractivity contribution is 6.15. The van der Waals surface area contributed by atoms with Crippen LogP contribution >= 0.6 is 0 Å². The maximum atomic E-state index is 6.36. The van der Waals surface area contributed by atoms with Crippen LogP contribution in [0.15, 0.2) is 0 Å².